The van der Waals surface area contributed by atoms with Gasteiger partial charge in [0.1, 0.15) is 0 Å². The number of hydrogen-bond acceptors (Lipinski definition) is 3. The zero-order chi connectivity index (χ0) is 19.1. The van der Waals surface area contributed by atoms with Crippen LogP contribution in [0.15, 0.2) is 24.3 Å². The van der Waals surface area contributed by atoms with Crippen molar-refractivity contribution in [2.75, 3.05) is 36.0 Å². The normalized spacial score (nSPS) is 18.2. The highest BCUT2D eigenvalue weighted by Gasteiger charge is 2.21. The van der Waals surface area contributed by atoms with Crippen LogP contribution in [0, 0.1) is 5.92 Å². The Hall–Kier alpha value is -2.04. The lowest BCUT2D eigenvalue weighted by Crippen LogP contribution is -2.40. The Bertz CT molecular complexity index is 617. The van der Waals surface area contributed by atoms with E-state index in [-0.39, 0.29) is 17.7 Å². The van der Waals surface area contributed by atoms with Crippen molar-refractivity contribution in [2.45, 2.75) is 58.3 Å². The average Bonchev–Trinajstić information content (AvgIpc) is 2.72. The minimum absolute atomic E-state index is 0.00707. The van der Waals surface area contributed by atoms with Gasteiger partial charge in [0.25, 0.3) is 0 Å². The molecule has 1 aliphatic carbocycles. The van der Waals surface area contributed by atoms with Gasteiger partial charge in [0.2, 0.25) is 11.8 Å². The molecule has 1 heterocycles. The van der Waals surface area contributed by atoms with Crippen LogP contribution < -0.4 is 15.1 Å². The zero-order valence-electron chi connectivity index (χ0n) is 16.6. The SMILES string of the molecule is CC(=O)N(CCNC(=O)C1CCCCC1)c1ccc(N2CCCCC2)cc1. The zero-order valence-corrected chi connectivity index (χ0v) is 16.6. The number of carbonyl (C=O) groups is 2. The summed E-state index contributed by atoms with van der Waals surface area (Å²) in [5.41, 5.74) is 2.13. The third-order valence-corrected chi connectivity index (χ3v) is 5.87. The first kappa shape index (κ1) is 19.7. The Morgan fingerprint density at radius 3 is 2.26 bits per heavy atom. The smallest absolute Gasteiger partial charge is 0.223 e. The Kier molecular flexibility index (Phi) is 7.13. The van der Waals surface area contributed by atoms with Gasteiger partial charge in [-0.1, -0.05) is 19.3 Å². The summed E-state index contributed by atoms with van der Waals surface area (Å²) in [6.45, 7) is 4.83. The van der Waals surface area contributed by atoms with Crippen molar-refractivity contribution in [3.05, 3.63) is 24.3 Å². The standard InChI is InChI=1S/C22H33N3O2/c1-18(26)25(17-14-23-22(27)19-8-4-2-5-9-19)21-12-10-20(11-13-21)24-15-6-3-7-16-24/h10-13,19H,2-9,14-17H2,1H3,(H,23,27). The van der Waals surface area contributed by atoms with Crippen LogP contribution in [0.1, 0.15) is 58.3 Å². The van der Waals surface area contributed by atoms with Gasteiger partial charge in [-0.2, -0.15) is 0 Å². The number of nitrogens with zero attached hydrogens (tertiary/aromatic N) is 2. The Labute approximate surface area is 163 Å². The summed E-state index contributed by atoms with van der Waals surface area (Å²) in [4.78, 5) is 28.6. The minimum atomic E-state index is 0.00707. The van der Waals surface area contributed by atoms with Crippen LogP contribution in [0.25, 0.3) is 0 Å². The third kappa shape index (κ3) is 5.47. The van der Waals surface area contributed by atoms with E-state index in [9.17, 15) is 9.59 Å². The molecule has 0 aromatic heterocycles. The summed E-state index contributed by atoms with van der Waals surface area (Å²) in [6, 6.07) is 8.26. The van der Waals surface area contributed by atoms with Crippen molar-refractivity contribution < 1.29 is 9.59 Å². The molecule has 1 aromatic rings. The summed E-state index contributed by atoms with van der Waals surface area (Å²) >= 11 is 0. The molecule has 27 heavy (non-hydrogen) atoms. The van der Waals surface area contributed by atoms with Gasteiger partial charge in [-0.3, -0.25) is 9.59 Å². The number of carbonyl (C=O) groups excluding carboxylic acids is 2. The van der Waals surface area contributed by atoms with E-state index in [2.05, 4.69) is 22.3 Å². The first-order valence-corrected chi connectivity index (χ1v) is 10.6. The molecule has 1 saturated heterocycles. The molecule has 1 aromatic carbocycles. The van der Waals surface area contributed by atoms with E-state index >= 15 is 0 Å². The molecule has 0 unspecified atom stereocenters. The van der Waals surface area contributed by atoms with E-state index in [1.807, 2.05) is 12.1 Å². The molecule has 5 nitrogen and oxygen atoms in total. The van der Waals surface area contributed by atoms with Gasteiger partial charge < -0.3 is 15.1 Å². The molecule has 0 radical (unpaired) electrons. The fraction of sp³-hybridized carbons (Fsp3) is 0.636. The van der Waals surface area contributed by atoms with Gasteiger partial charge in [0.05, 0.1) is 0 Å². The first-order valence-electron chi connectivity index (χ1n) is 10.6. The summed E-state index contributed by atoms with van der Waals surface area (Å²) in [5, 5.41) is 3.03. The van der Waals surface area contributed by atoms with E-state index in [4.69, 9.17) is 0 Å². The molecule has 1 saturated carbocycles. The monoisotopic (exact) mass is 371 g/mol. The summed E-state index contributed by atoms with van der Waals surface area (Å²) in [5.74, 6) is 0.319. The maximum atomic E-state index is 12.3. The van der Waals surface area contributed by atoms with E-state index in [1.165, 1.54) is 31.4 Å². The largest absolute Gasteiger partial charge is 0.372 e. The number of amides is 2. The van der Waals surface area contributed by atoms with Gasteiger partial charge in [-0.25, -0.2) is 0 Å². The predicted molar refractivity (Wildman–Crippen MR) is 110 cm³/mol. The second-order valence-corrected chi connectivity index (χ2v) is 7.86. The Morgan fingerprint density at radius 1 is 1.00 bits per heavy atom. The summed E-state index contributed by atoms with van der Waals surface area (Å²) < 4.78 is 0. The number of nitrogens with one attached hydrogen (secondary N) is 1. The molecule has 3 rings (SSSR count). The highest BCUT2D eigenvalue weighted by Crippen LogP contribution is 2.25. The fourth-order valence-corrected chi connectivity index (χ4v) is 4.26. The Morgan fingerprint density at radius 2 is 1.63 bits per heavy atom. The van der Waals surface area contributed by atoms with E-state index in [0.29, 0.717) is 13.1 Å². The highest BCUT2D eigenvalue weighted by atomic mass is 16.2. The van der Waals surface area contributed by atoms with Gasteiger partial charge in [-0.15, -0.1) is 0 Å². The van der Waals surface area contributed by atoms with Crippen molar-refractivity contribution in [3.63, 3.8) is 0 Å². The summed E-state index contributed by atoms with van der Waals surface area (Å²) in [7, 11) is 0. The van der Waals surface area contributed by atoms with Crippen LogP contribution in [-0.4, -0.2) is 38.0 Å². The molecule has 1 aliphatic heterocycles. The van der Waals surface area contributed by atoms with Crippen molar-refractivity contribution >= 4 is 23.2 Å². The van der Waals surface area contributed by atoms with Gasteiger partial charge in [-0.05, 0) is 56.4 Å². The van der Waals surface area contributed by atoms with Crippen molar-refractivity contribution in [2.24, 2.45) is 5.92 Å². The second kappa shape index (κ2) is 9.77. The minimum Gasteiger partial charge on any atom is -0.372 e. The van der Waals surface area contributed by atoms with Crippen molar-refractivity contribution in [1.29, 1.82) is 0 Å². The molecule has 0 bridgehead atoms. The molecular weight excluding hydrogens is 338 g/mol. The van der Waals surface area contributed by atoms with Crippen LogP contribution >= 0.6 is 0 Å². The van der Waals surface area contributed by atoms with Crippen LogP contribution in [0.5, 0.6) is 0 Å². The maximum absolute atomic E-state index is 12.3. The van der Waals surface area contributed by atoms with E-state index in [1.54, 1.807) is 11.8 Å². The number of anilines is 2. The van der Waals surface area contributed by atoms with E-state index < -0.39 is 0 Å². The lowest BCUT2D eigenvalue weighted by molar-refractivity contribution is -0.126. The Balaban J connectivity index is 1.53. The van der Waals surface area contributed by atoms with Gasteiger partial charge >= 0.3 is 0 Å². The maximum Gasteiger partial charge on any atom is 0.223 e. The molecule has 2 aliphatic rings. The molecule has 0 atom stereocenters. The molecule has 2 amide bonds. The molecule has 148 valence electrons. The van der Waals surface area contributed by atoms with E-state index in [0.717, 1.165) is 44.5 Å². The van der Waals surface area contributed by atoms with Gasteiger partial charge in [0, 0.05) is 50.4 Å². The topological polar surface area (TPSA) is 52.7 Å². The third-order valence-electron chi connectivity index (χ3n) is 5.87. The molecule has 2 fully saturated rings. The lowest BCUT2D eigenvalue weighted by Gasteiger charge is -2.29. The van der Waals surface area contributed by atoms with Crippen molar-refractivity contribution in [3.8, 4) is 0 Å². The predicted octanol–water partition coefficient (Wildman–Crippen LogP) is 3.73. The number of benzene rings is 1. The number of piperidine rings is 1. The average molecular weight is 372 g/mol. The number of rotatable bonds is 6. The van der Waals surface area contributed by atoms with Crippen LogP contribution in [0.2, 0.25) is 0 Å². The van der Waals surface area contributed by atoms with Crippen LogP contribution in [0.4, 0.5) is 11.4 Å². The van der Waals surface area contributed by atoms with Crippen molar-refractivity contribution in [1.82, 2.24) is 5.32 Å². The second-order valence-electron chi connectivity index (χ2n) is 7.86. The molecule has 5 heteroatoms. The molecule has 0 spiro atoms. The number of hydrogen-bond donors (Lipinski definition) is 1. The fourth-order valence-electron chi connectivity index (χ4n) is 4.26. The molecule has 1 N–H and O–H groups in total. The van der Waals surface area contributed by atoms with Gasteiger partial charge in [0.15, 0.2) is 0 Å². The first-order chi connectivity index (χ1) is 13.1. The van der Waals surface area contributed by atoms with Crippen LogP contribution in [0.3, 0.4) is 0 Å². The summed E-state index contributed by atoms with van der Waals surface area (Å²) in [6.07, 6.45) is 9.38. The lowest BCUT2D eigenvalue weighted by atomic mass is 9.89. The van der Waals surface area contributed by atoms with Crippen LogP contribution in [-0.2, 0) is 9.59 Å². The molecular formula is C22H33N3O2. The quantitative estimate of drug-likeness (QED) is 0.829. The highest BCUT2D eigenvalue weighted by molar-refractivity contribution is 5.91.